The number of hydrogen-bond donors (Lipinski definition) is 1. The quantitative estimate of drug-likeness (QED) is 0.779. The summed E-state index contributed by atoms with van der Waals surface area (Å²) in [7, 11) is -3.77. The van der Waals surface area contributed by atoms with Gasteiger partial charge in [-0.3, -0.25) is 0 Å². The van der Waals surface area contributed by atoms with Crippen molar-refractivity contribution in [3.8, 4) is 0 Å². The molecule has 1 heterocycles. The Morgan fingerprint density at radius 3 is 2.78 bits per heavy atom. The van der Waals surface area contributed by atoms with Crippen molar-refractivity contribution in [1.29, 1.82) is 0 Å². The largest absolute Gasteiger partial charge is 0.477 e. The summed E-state index contributed by atoms with van der Waals surface area (Å²) in [5, 5.41) is 10.4. The van der Waals surface area contributed by atoms with Crippen LogP contribution in [0.2, 0.25) is 0 Å². The molecule has 5 nitrogen and oxygen atoms in total. The average molecular weight is 289 g/mol. The summed E-state index contributed by atoms with van der Waals surface area (Å²) < 4.78 is 25.9. The van der Waals surface area contributed by atoms with Crippen molar-refractivity contribution >= 4 is 27.3 Å². The molecular weight excluding hydrogens is 274 g/mol. The van der Waals surface area contributed by atoms with E-state index in [1.165, 1.54) is 21.8 Å². The third-order valence-corrected chi connectivity index (χ3v) is 5.19. The number of carbonyl (C=O) groups is 1. The molecule has 1 aromatic rings. The number of sulfonamides is 1. The van der Waals surface area contributed by atoms with E-state index < -0.39 is 16.0 Å². The lowest BCUT2D eigenvalue weighted by molar-refractivity contribution is 0.0698. The van der Waals surface area contributed by atoms with Crippen LogP contribution in [-0.2, 0) is 10.0 Å². The van der Waals surface area contributed by atoms with E-state index in [0.717, 1.165) is 11.3 Å². The van der Waals surface area contributed by atoms with Gasteiger partial charge >= 0.3 is 5.97 Å². The van der Waals surface area contributed by atoms with E-state index in [-0.39, 0.29) is 16.3 Å². The van der Waals surface area contributed by atoms with E-state index in [4.69, 9.17) is 5.11 Å². The number of thiophene rings is 1. The molecule has 0 atom stereocenters. The van der Waals surface area contributed by atoms with Crippen LogP contribution in [0.15, 0.2) is 29.0 Å². The van der Waals surface area contributed by atoms with Crippen LogP contribution in [0.25, 0.3) is 0 Å². The van der Waals surface area contributed by atoms with Crippen LogP contribution in [-0.4, -0.2) is 36.9 Å². The van der Waals surface area contributed by atoms with Gasteiger partial charge in [0, 0.05) is 13.1 Å². The molecular formula is C11H15NO4S2. The molecule has 0 aromatic carbocycles. The number of nitrogens with zero attached hydrogens (tertiary/aromatic N) is 1. The van der Waals surface area contributed by atoms with Gasteiger partial charge in [0.25, 0.3) is 0 Å². The van der Waals surface area contributed by atoms with Gasteiger partial charge in [-0.2, -0.15) is 4.31 Å². The first-order valence-corrected chi connectivity index (χ1v) is 7.69. The Morgan fingerprint density at radius 2 is 2.28 bits per heavy atom. The van der Waals surface area contributed by atoms with Crippen molar-refractivity contribution in [2.45, 2.75) is 18.2 Å². The molecule has 0 unspecified atom stereocenters. The Kier molecular flexibility index (Phi) is 5.06. The molecule has 0 aliphatic rings. The van der Waals surface area contributed by atoms with E-state index in [1.54, 1.807) is 0 Å². The smallest absolute Gasteiger partial charge is 0.347 e. The Morgan fingerprint density at radius 1 is 1.61 bits per heavy atom. The van der Waals surface area contributed by atoms with Gasteiger partial charge in [0.1, 0.15) is 9.77 Å². The van der Waals surface area contributed by atoms with Crippen LogP contribution in [0.3, 0.4) is 0 Å². The number of rotatable bonds is 7. The molecule has 0 aliphatic carbocycles. The molecule has 18 heavy (non-hydrogen) atoms. The molecule has 0 amide bonds. The van der Waals surface area contributed by atoms with Crippen LogP contribution in [0.5, 0.6) is 0 Å². The van der Waals surface area contributed by atoms with Gasteiger partial charge in [-0.25, -0.2) is 13.2 Å². The lowest BCUT2D eigenvalue weighted by atomic mass is 10.5. The minimum atomic E-state index is -3.77. The van der Waals surface area contributed by atoms with E-state index in [0.29, 0.717) is 13.0 Å². The number of hydrogen-bond acceptors (Lipinski definition) is 4. The summed E-state index contributed by atoms with van der Waals surface area (Å²) in [6, 6.07) is 1.33. The number of carboxylic acid groups (broad SMARTS) is 1. The summed E-state index contributed by atoms with van der Waals surface area (Å²) in [6.07, 6.45) is 2.14. The predicted octanol–water partition coefficient (Wildman–Crippen LogP) is 2.03. The summed E-state index contributed by atoms with van der Waals surface area (Å²) in [6.45, 7) is 5.88. The maximum Gasteiger partial charge on any atom is 0.347 e. The lowest BCUT2D eigenvalue weighted by Gasteiger charge is -2.19. The Hall–Kier alpha value is -1.18. The first-order valence-electron chi connectivity index (χ1n) is 5.37. The molecule has 0 bridgehead atoms. The van der Waals surface area contributed by atoms with Gasteiger partial charge in [-0.15, -0.1) is 17.9 Å². The molecule has 0 spiro atoms. The average Bonchev–Trinajstić information content (AvgIpc) is 2.78. The third kappa shape index (κ3) is 2.98. The fraction of sp³-hybridized carbons (Fsp3) is 0.364. The fourth-order valence-electron chi connectivity index (χ4n) is 1.50. The molecule has 7 heteroatoms. The zero-order valence-electron chi connectivity index (χ0n) is 10.00. The van der Waals surface area contributed by atoms with Crippen LogP contribution >= 0.6 is 11.3 Å². The second-order valence-corrected chi connectivity index (χ2v) is 6.39. The zero-order chi connectivity index (χ0) is 13.8. The van der Waals surface area contributed by atoms with Crippen LogP contribution in [0, 0.1) is 0 Å². The van der Waals surface area contributed by atoms with Gasteiger partial charge < -0.3 is 5.11 Å². The highest BCUT2D eigenvalue weighted by Crippen LogP contribution is 2.25. The van der Waals surface area contributed by atoms with Crippen LogP contribution < -0.4 is 0 Å². The van der Waals surface area contributed by atoms with Crippen molar-refractivity contribution in [1.82, 2.24) is 4.31 Å². The molecule has 0 radical (unpaired) electrons. The number of aromatic carboxylic acids is 1. The molecule has 1 rings (SSSR count). The van der Waals surface area contributed by atoms with E-state index >= 15 is 0 Å². The second-order valence-electron chi connectivity index (χ2n) is 3.57. The van der Waals surface area contributed by atoms with Crippen LogP contribution in [0.1, 0.15) is 23.0 Å². The summed E-state index contributed by atoms with van der Waals surface area (Å²) in [5.74, 6) is -1.22. The lowest BCUT2D eigenvalue weighted by Crippen LogP contribution is -2.32. The molecule has 0 aliphatic heterocycles. The van der Waals surface area contributed by atoms with Crippen molar-refractivity contribution in [2.75, 3.05) is 13.1 Å². The fourth-order valence-corrected chi connectivity index (χ4v) is 4.23. The highest BCUT2D eigenvalue weighted by molar-refractivity contribution is 7.89. The van der Waals surface area contributed by atoms with Gasteiger partial charge in [-0.05, 0) is 17.9 Å². The van der Waals surface area contributed by atoms with Crippen molar-refractivity contribution in [3.05, 3.63) is 29.0 Å². The summed E-state index contributed by atoms with van der Waals surface area (Å²) in [4.78, 5) is 10.7. The topological polar surface area (TPSA) is 74.7 Å². The molecule has 0 saturated carbocycles. The SMILES string of the molecule is C=CCN(CCC)S(=O)(=O)c1ccsc1C(=O)O. The minimum Gasteiger partial charge on any atom is -0.477 e. The maximum absolute atomic E-state index is 12.3. The van der Waals surface area contributed by atoms with Crippen LogP contribution in [0.4, 0.5) is 0 Å². The van der Waals surface area contributed by atoms with Gasteiger partial charge in [-0.1, -0.05) is 13.0 Å². The first kappa shape index (κ1) is 14.9. The predicted molar refractivity (Wildman–Crippen MR) is 70.5 cm³/mol. The van der Waals surface area contributed by atoms with Crippen molar-refractivity contribution < 1.29 is 18.3 Å². The normalized spacial score (nSPS) is 11.7. The highest BCUT2D eigenvalue weighted by Gasteiger charge is 2.28. The first-order chi connectivity index (χ1) is 8.45. The molecule has 100 valence electrons. The van der Waals surface area contributed by atoms with E-state index in [2.05, 4.69) is 6.58 Å². The van der Waals surface area contributed by atoms with Gasteiger partial charge in [0.2, 0.25) is 10.0 Å². The monoisotopic (exact) mass is 289 g/mol. The highest BCUT2D eigenvalue weighted by atomic mass is 32.2. The number of carboxylic acids is 1. The Balaban J connectivity index is 3.21. The van der Waals surface area contributed by atoms with Crippen molar-refractivity contribution in [2.24, 2.45) is 0 Å². The van der Waals surface area contributed by atoms with Gasteiger partial charge in [0.05, 0.1) is 0 Å². The molecule has 1 aromatic heterocycles. The zero-order valence-corrected chi connectivity index (χ0v) is 11.6. The second kappa shape index (κ2) is 6.12. The van der Waals surface area contributed by atoms with E-state index in [9.17, 15) is 13.2 Å². The molecule has 1 N–H and O–H groups in total. The van der Waals surface area contributed by atoms with Gasteiger partial charge in [0.15, 0.2) is 0 Å². The molecule has 0 fully saturated rings. The Bertz CT molecular complexity index is 533. The minimum absolute atomic E-state index is 0.143. The molecule has 0 saturated heterocycles. The standard InChI is InChI=1S/C11H15NO4S2/c1-3-6-12(7-4-2)18(15,16)9-5-8-17-10(9)11(13)14/h3,5,8H,1,4,6-7H2,2H3,(H,13,14). The third-order valence-electron chi connectivity index (χ3n) is 2.25. The summed E-state index contributed by atoms with van der Waals surface area (Å²) in [5.41, 5.74) is 0. The summed E-state index contributed by atoms with van der Waals surface area (Å²) >= 11 is 0.907. The maximum atomic E-state index is 12.3. The van der Waals surface area contributed by atoms with Crippen molar-refractivity contribution in [3.63, 3.8) is 0 Å². The Labute approximate surface area is 110 Å². The van der Waals surface area contributed by atoms with E-state index in [1.807, 2.05) is 6.92 Å².